The van der Waals surface area contributed by atoms with Crippen molar-refractivity contribution < 1.29 is 4.74 Å². The third-order valence-corrected chi connectivity index (χ3v) is 9.37. The summed E-state index contributed by atoms with van der Waals surface area (Å²) in [6.07, 6.45) is 0. The predicted molar refractivity (Wildman–Crippen MR) is 222 cm³/mol. The average molecular weight is 707 g/mol. The Morgan fingerprint density at radius 2 is 0.564 bits per heavy atom. The quantitative estimate of drug-likeness (QED) is 0.150. The zero-order chi connectivity index (χ0) is 36.8. The fourth-order valence-electron chi connectivity index (χ4n) is 6.57. The first-order valence-electron chi connectivity index (χ1n) is 18.2. The Morgan fingerprint density at radius 3 is 0.982 bits per heavy atom. The molecule has 9 rings (SSSR count). The molecule has 0 fully saturated rings. The number of nitrogens with zero attached hydrogens (tertiary/aromatic N) is 4. The van der Waals surface area contributed by atoms with Crippen molar-refractivity contribution in [3.05, 3.63) is 206 Å². The second-order valence-corrected chi connectivity index (χ2v) is 13.1. The van der Waals surface area contributed by atoms with Crippen LogP contribution >= 0.6 is 0 Å². The lowest BCUT2D eigenvalue weighted by Crippen LogP contribution is -1.96. The van der Waals surface area contributed by atoms with Crippen molar-refractivity contribution >= 4 is 0 Å². The molecule has 0 atom stereocenters. The lowest BCUT2D eigenvalue weighted by Gasteiger charge is -2.12. The number of hydrogen-bond donors (Lipinski definition) is 0. The largest absolute Gasteiger partial charge is 0.457 e. The summed E-state index contributed by atoms with van der Waals surface area (Å²) in [5, 5.41) is 0. The normalized spacial score (nSPS) is 10.9. The molecular weight excluding hydrogens is 673 g/mol. The van der Waals surface area contributed by atoms with E-state index in [4.69, 9.17) is 24.7 Å². The van der Waals surface area contributed by atoms with E-state index in [0.717, 1.165) is 73.0 Å². The van der Waals surface area contributed by atoms with Gasteiger partial charge in [0.2, 0.25) is 0 Å². The Labute approximate surface area is 320 Å². The maximum absolute atomic E-state index is 6.46. The van der Waals surface area contributed by atoms with Crippen LogP contribution in [0.2, 0.25) is 0 Å². The maximum atomic E-state index is 6.46. The van der Waals surface area contributed by atoms with Crippen LogP contribution in [0, 0.1) is 0 Å². The highest BCUT2D eigenvalue weighted by atomic mass is 16.5. The highest BCUT2D eigenvalue weighted by Gasteiger charge is 2.13. The van der Waals surface area contributed by atoms with Crippen molar-refractivity contribution in [2.45, 2.75) is 0 Å². The zero-order valence-electron chi connectivity index (χ0n) is 29.8. The van der Waals surface area contributed by atoms with E-state index in [1.165, 1.54) is 0 Å². The Morgan fingerprint density at radius 1 is 0.236 bits per heavy atom. The molecule has 2 aromatic heterocycles. The van der Waals surface area contributed by atoms with Crippen molar-refractivity contribution in [2.24, 2.45) is 0 Å². The van der Waals surface area contributed by atoms with Crippen molar-refractivity contribution in [1.82, 2.24) is 19.9 Å². The summed E-state index contributed by atoms with van der Waals surface area (Å²) in [5.41, 5.74) is 11.6. The van der Waals surface area contributed by atoms with Crippen LogP contribution in [0.15, 0.2) is 206 Å². The third-order valence-electron chi connectivity index (χ3n) is 9.37. The van der Waals surface area contributed by atoms with Crippen LogP contribution < -0.4 is 4.74 Å². The molecule has 7 aromatic carbocycles. The molecule has 0 spiro atoms. The number of aromatic nitrogens is 4. The number of rotatable bonds is 9. The van der Waals surface area contributed by atoms with Crippen molar-refractivity contribution in [2.75, 3.05) is 0 Å². The molecule has 0 aliphatic heterocycles. The minimum Gasteiger partial charge on any atom is -0.457 e. The summed E-state index contributed by atoms with van der Waals surface area (Å²) < 4.78 is 6.46. The second-order valence-electron chi connectivity index (χ2n) is 13.1. The van der Waals surface area contributed by atoms with Gasteiger partial charge in [0, 0.05) is 33.4 Å². The average Bonchev–Trinajstić information content (AvgIpc) is 3.27. The van der Waals surface area contributed by atoms with Crippen molar-refractivity contribution in [3.63, 3.8) is 0 Å². The Hall–Kier alpha value is -7.50. The summed E-state index contributed by atoms with van der Waals surface area (Å²) in [7, 11) is 0. The van der Waals surface area contributed by atoms with Crippen LogP contribution in [0.3, 0.4) is 0 Å². The molecule has 5 nitrogen and oxygen atoms in total. The number of ether oxygens (including phenoxy) is 1. The van der Waals surface area contributed by atoms with Gasteiger partial charge in [0.25, 0.3) is 0 Å². The van der Waals surface area contributed by atoms with E-state index < -0.39 is 0 Å². The molecule has 260 valence electrons. The van der Waals surface area contributed by atoms with Crippen molar-refractivity contribution in [3.8, 4) is 90.4 Å². The molecular formula is C50H34N4O. The monoisotopic (exact) mass is 706 g/mol. The molecule has 55 heavy (non-hydrogen) atoms. The zero-order valence-corrected chi connectivity index (χ0v) is 29.8. The topological polar surface area (TPSA) is 60.8 Å². The standard InChI is InChI=1S/C50H34N4O/c1-5-15-36(16-6-1)45-33-46(37-17-7-2-8-18-37)52-49(51-45)40-29-27-35(28-30-40)41-23-13-25-43(31-41)55-44-26-14-24-42(32-44)50-53-47(38-19-9-3-10-20-38)34-48(54-50)39-21-11-4-12-22-39/h1-34H. The molecule has 0 aliphatic rings. The Balaban J connectivity index is 0.991. The summed E-state index contributed by atoms with van der Waals surface area (Å²) in [4.78, 5) is 20.0. The Kier molecular flexibility index (Phi) is 9.23. The second kappa shape index (κ2) is 15.2. The van der Waals surface area contributed by atoms with Gasteiger partial charge >= 0.3 is 0 Å². The van der Waals surface area contributed by atoms with E-state index in [-0.39, 0.29) is 0 Å². The van der Waals surface area contributed by atoms with Gasteiger partial charge in [-0.2, -0.15) is 0 Å². The Bertz CT molecular complexity index is 2590. The minimum atomic E-state index is 0.633. The number of benzene rings is 7. The maximum Gasteiger partial charge on any atom is 0.160 e. The van der Waals surface area contributed by atoms with Gasteiger partial charge in [0.1, 0.15) is 11.5 Å². The van der Waals surface area contributed by atoms with E-state index in [0.29, 0.717) is 17.4 Å². The van der Waals surface area contributed by atoms with Crippen molar-refractivity contribution in [1.29, 1.82) is 0 Å². The molecule has 0 radical (unpaired) electrons. The molecule has 9 aromatic rings. The summed E-state index contributed by atoms with van der Waals surface area (Å²) in [5.74, 6) is 2.74. The SMILES string of the molecule is c1ccc(-c2cc(-c3ccccc3)nc(-c3ccc(-c4cccc(Oc5cccc(-c6nc(-c7ccccc7)cc(-c7ccccc7)n6)c5)c4)cc3)n2)cc1. The highest BCUT2D eigenvalue weighted by molar-refractivity contribution is 5.75. The van der Waals surface area contributed by atoms with E-state index in [1.807, 2.05) is 115 Å². The number of hydrogen-bond acceptors (Lipinski definition) is 5. The van der Waals surface area contributed by atoms with Crippen LogP contribution in [0.5, 0.6) is 11.5 Å². The molecule has 0 bridgehead atoms. The first kappa shape index (κ1) is 33.3. The van der Waals surface area contributed by atoms with Crippen LogP contribution in [-0.2, 0) is 0 Å². The van der Waals surface area contributed by atoms with E-state index in [1.54, 1.807) is 0 Å². The molecule has 0 amide bonds. The third kappa shape index (κ3) is 7.54. The lowest BCUT2D eigenvalue weighted by atomic mass is 10.0. The molecule has 0 aliphatic carbocycles. The van der Waals surface area contributed by atoms with Crippen LogP contribution in [0.4, 0.5) is 0 Å². The smallest absolute Gasteiger partial charge is 0.160 e. The van der Waals surface area contributed by atoms with Crippen LogP contribution in [-0.4, -0.2) is 19.9 Å². The van der Waals surface area contributed by atoms with Gasteiger partial charge in [-0.1, -0.05) is 170 Å². The summed E-state index contributed by atoms with van der Waals surface area (Å²) >= 11 is 0. The molecule has 5 heteroatoms. The van der Waals surface area contributed by atoms with Gasteiger partial charge in [-0.25, -0.2) is 19.9 Å². The lowest BCUT2D eigenvalue weighted by molar-refractivity contribution is 0.483. The molecule has 0 saturated carbocycles. The predicted octanol–water partition coefficient (Wildman–Crippen LogP) is 12.7. The van der Waals surface area contributed by atoms with E-state index in [2.05, 4.69) is 91.0 Å². The molecule has 0 N–H and O–H groups in total. The fraction of sp³-hybridized carbons (Fsp3) is 0. The van der Waals surface area contributed by atoms with Crippen LogP contribution in [0.25, 0.3) is 78.9 Å². The van der Waals surface area contributed by atoms with Crippen LogP contribution in [0.1, 0.15) is 0 Å². The van der Waals surface area contributed by atoms with Gasteiger partial charge in [0.05, 0.1) is 22.8 Å². The summed E-state index contributed by atoms with van der Waals surface area (Å²) in [6.45, 7) is 0. The minimum absolute atomic E-state index is 0.633. The van der Waals surface area contributed by atoms with Gasteiger partial charge in [-0.05, 0) is 47.5 Å². The highest BCUT2D eigenvalue weighted by Crippen LogP contribution is 2.33. The first-order valence-corrected chi connectivity index (χ1v) is 18.2. The van der Waals surface area contributed by atoms with Gasteiger partial charge < -0.3 is 4.74 Å². The molecule has 0 saturated heterocycles. The fourth-order valence-corrected chi connectivity index (χ4v) is 6.57. The van der Waals surface area contributed by atoms with Gasteiger partial charge in [0.15, 0.2) is 11.6 Å². The first-order chi connectivity index (χ1) is 27.2. The van der Waals surface area contributed by atoms with E-state index in [9.17, 15) is 0 Å². The molecule has 2 heterocycles. The molecule has 0 unspecified atom stereocenters. The summed E-state index contributed by atoms with van der Waals surface area (Å²) in [6, 6.07) is 69.4. The van der Waals surface area contributed by atoms with Gasteiger partial charge in [-0.15, -0.1) is 0 Å². The van der Waals surface area contributed by atoms with Gasteiger partial charge in [-0.3, -0.25) is 0 Å². The van der Waals surface area contributed by atoms with E-state index >= 15 is 0 Å².